The van der Waals surface area contributed by atoms with Crippen LogP contribution in [0.3, 0.4) is 0 Å². The highest BCUT2D eigenvalue weighted by Gasteiger charge is 2.58. The Bertz CT molecular complexity index is 433. The summed E-state index contributed by atoms with van der Waals surface area (Å²) in [5, 5.41) is 5.55. The SMILES string of the molecule is CC1(C)CCN(N2CCCC2)C(C)(N2CCCC2)C1N1CCCC1. The number of likely N-dealkylation sites (tertiary alicyclic amines) is 2. The highest BCUT2D eigenvalue weighted by Crippen LogP contribution is 2.47. The summed E-state index contributed by atoms with van der Waals surface area (Å²) >= 11 is 0. The minimum absolute atomic E-state index is 0.174. The maximum absolute atomic E-state index is 2.86. The summed E-state index contributed by atoms with van der Waals surface area (Å²) in [7, 11) is 0. The van der Waals surface area contributed by atoms with Crippen molar-refractivity contribution >= 4 is 0 Å². The van der Waals surface area contributed by atoms with Gasteiger partial charge in [-0.2, -0.15) is 0 Å². The van der Waals surface area contributed by atoms with Crippen molar-refractivity contribution in [1.82, 2.24) is 19.8 Å². The molecule has 4 fully saturated rings. The summed E-state index contributed by atoms with van der Waals surface area (Å²) in [5.41, 5.74) is 0.574. The van der Waals surface area contributed by atoms with E-state index >= 15 is 0 Å². The van der Waals surface area contributed by atoms with Gasteiger partial charge in [-0.15, -0.1) is 0 Å². The Labute approximate surface area is 149 Å². The van der Waals surface area contributed by atoms with Crippen LogP contribution in [0.2, 0.25) is 0 Å². The van der Waals surface area contributed by atoms with Gasteiger partial charge in [-0.25, -0.2) is 10.0 Å². The number of hydrazine groups is 1. The molecule has 138 valence electrons. The molecule has 4 nitrogen and oxygen atoms in total. The summed E-state index contributed by atoms with van der Waals surface area (Å²) in [5.74, 6) is 0. The predicted molar refractivity (Wildman–Crippen MR) is 99.7 cm³/mol. The van der Waals surface area contributed by atoms with Gasteiger partial charge in [0, 0.05) is 38.8 Å². The molecule has 2 atom stereocenters. The number of nitrogens with zero attached hydrogens (tertiary/aromatic N) is 4. The van der Waals surface area contributed by atoms with E-state index in [-0.39, 0.29) is 5.66 Å². The minimum Gasteiger partial charge on any atom is -0.297 e. The second-order valence-corrected chi connectivity index (χ2v) is 9.46. The number of piperidine rings is 1. The zero-order valence-corrected chi connectivity index (χ0v) is 16.3. The summed E-state index contributed by atoms with van der Waals surface area (Å²) in [6, 6.07) is 0.653. The van der Waals surface area contributed by atoms with E-state index in [0.717, 1.165) is 0 Å². The zero-order valence-electron chi connectivity index (χ0n) is 16.3. The van der Waals surface area contributed by atoms with Crippen LogP contribution < -0.4 is 0 Å². The van der Waals surface area contributed by atoms with Crippen LogP contribution in [0.5, 0.6) is 0 Å². The summed E-state index contributed by atoms with van der Waals surface area (Å²) < 4.78 is 0. The van der Waals surface area contributed by atoms with Crippen molar-refractivity contribution in [2.45, 2.75) is 77.4 Å². The smallest absolute Gasteiger partial charge is 0.101 e. The summed E-state index contributed by atoms with van der Waals surface area (Å²) in [6.07, 6.45) is 9.65. The molecule has 0 bridgehead atoms. The Hall–Kier alpha value is -0.160. The van der Waals surface area contributed by atoms with Gasteiger partial charge in [0.25, 0.3) is 0 Å². The van der Waals surface area contributed by atoms with Gasteiger partial charge in [0.15, 0.2) is 0 Å². The molecule has 4 aliphatic heterocycles. The van der Waals surface area contributed by atoms with Gasteiger partial charge in [0.2, 0.25) is 0 Å². The lowest BCUT2D eigenvalue weighted by Gasteiger charge is -2.64. The van der Waals surface area contributed by atoms with E-state index < -0.39 is 0 Å². The van der Waals surface area contributed by atoms with Crippen molar-refractivity contribution in [3.8, 4) is 0 Å². The molecule has 0 aliphatic carbocycles. The van der Waals surface area contributed by atoms with Gasteiger partial charge in [-0.1, -0.05) is 13.8 Å². The van der Waals surface area contributed by atoms with E-state index in [0.29, 0.717) is 11.5 Å². The summed E-state index contributed by atoms with van der Waals surface area (Å²) in [4.78, 5) is 5.72. The van der Waals surface area contributed by atoms with Crippen LogP contribution in [0, 0.1) is 5.41 Å². The molecule has 24 heavy (non-hydrogen) atoms. The van der Waals surface area contributed by atoms with Gasteiger partial charge < -0.3 is 0 Å². The van der Waals surface area contributed by atoms with E-state index in [1.54, 1.807) is 0 Å². The molecule has 0 spiro atoms. The molecule has 0 saturated carbocycles. The first kappa shape index (κ1) is 17.3. The third-order valence-corrected chi connectivity index (χ3v) is 7.42. The maximum atomic E-state index is 2.86. The lowest BCUT2D eigenvalue weighted by Crippen LogP contribution is -2.77. The number of hydrogen-bond acceptors (Lipinski definition) is 4. The van der Waals surface area contributed by atoms with Crippen LogP contribution in [0.1, 0.15) is 65.7 Å². The Morgan fingerprint density at radius 3 is 1.83 bits per heavy atom. The fraction of sp³-hybridized carbons (Fsp3) is 1.00. The summed E-state index contributed by atoms with van der Waals surface area (Å²) in [6.45, 7) is 16.7. The van der Waals surface area contributed by atoms with E-state index in [1.165, 1.54) is 90.8 Å². The molecule has 2 unspecified atom stereocenters. The molecule has 4 saturated heterocycles. The topological polar surface area (TPSA) is 13.0 Å². The molecule has 0 amide bonds. The first-order valence-electron chi connectivity index (χ1n) is 10.5. The second-order valence-electron chi connectivity index (χ2n) is 9.46. The molecular formula is C20H38N4. The molecule has 4 heterocycles. The molecule has 0 radical (unpaired) electrons. The van der Waals surface area contributed by atoms with Gasteiger partial charge in [-0.05, 0) is 70.4 Å². The Kier molecular flexibility index (Phi) is 4.70. The largest absolute Gasteiger partial charge is 0.297 e. The first-order valence-corrected chi connectivity index (χ1v) is 10.5. The fourth-order valence-corrected chi connectivity index (χ4v) is 6.35. The molecule has 4 aliphatic rings. The number of hydrogen-bond donors (Lipinski definition) is 0. The van der Waals surface area contributed by atoms with Crippen molar-refractivity contribution in [3.63, 3.8) is 0 Å². The van der Waals surface area contributed by atoms with Crippen LogP contribution in [0.15, 0.2) is 0 Å². The van der Waals surface area contributed by atoms with Crippen molar-refractivity contribution in [1.29, 1.82) is 0 Å². The van der Waals surface area contributed by atoms with Gasteiger partial charge >= 0.3 is 0 Å². The first-order chi connectivity index (χ1) is 11.5. The lowest BCUT2D eigenvalue weighted by molar-refractivity contribution is -0.232. The van der Waals surface area contributed by atoms with Crippen molar-refractivity contribution in [2.75, 3.05) is 45.8 Å². The lowest BCUT2D eigenvalue weighted by atomic mass is 9.70. The third-order valence-electron chi connectivity index (χ3n) is 7.42. The average Bonchev–Trinajstić information content (AvgIpc) is 3.30. The van der Waals surface area contributed by atoms with E-state index in [4.69, 9.17) is 0 Å². The Morgan fingerprint density at radius 2 is 1.21 bits per heavy atom. The second kappa shape index (κ2) is 6.53. The van der Waals surface area contributed by atoms with Gasteiger partial charge in [0.05, 0.1) is 0 Å². The molecule has 4 heteroatoms. The standard InChI is InChI=1S/C20H38N4/c1-19(2)10-17-24(23-15-8-9-16-23)20(3,22-13-6-7-14-22)18(19)21-11-4-5-12-21/h18H,4-17H2,1-3H3. The van der Waals surface area contributed by atoms with Crippen LogP contribution in [0.25, 0.3) is 0 Å². The van der Waals surface area contributed by atoms with E-state index in [9.17, 15) is 0 Å². The molecule has 0 aromatic carbocycles. The highest BCUT2D eigenvalue weighted by molar-refractivity contribution is 5.09. The van der Waals surface area contributed by atoms with Gasteiger partial charge in [0.1, 0.15) is 5.66 Å². The number of rotatable bonds is 3. The van der Waals surface area contributed by atoms with E-state index in [2.05, 4.69) is 40.6 Å². The Morgan fingerprint density at radius 1 is 0.667 bits per heavy atom. The molecule has 0 aromatic heterocycles. The fourth-order valence-electron chi connectivity index (χ4n) is 6.35. The predicted octanol–water partition coefficient (Wildman–Crippen LogP) is 3.01. The molecule has 0 N–H and O–H groups in total. The van der Waals surface area contributed by atoms with Crippen LogP contribution in [-0.2, 0) is 0 Å². The van der Waals surface area contributed by atoms with Gasteiger partial charge in [-0.3, -0.25) is 9.80 Å². The van der Waals surface area contributed by atoms with Crippen LogP contribution in [0.4, 0.5) is 0 Å². The normalized spacial score (nSPS) is 39.9. The highest BCUT2D eigenvalue weighted by atomic mass is 15.7. The average molecular weight is 335 g/mol. The maximum Gasteiger partial charge on any atom is 0.101 e. The quantitative estimate of drug-likeness (QED) is 0.786. The Balaban J connectivity index is 1.72. The minimum atomic E-state index is 0.174. The van der Waals surface area contributed by atoms with E-state index in [1.807, 2.05) is 0 Å². The molecular weight excluding hydrogens is 296 g/mol. The van der Waals surface area contributed by atoms with Crippen molar-refractivity contribution < 1.29 is 0 Å². The van der Waals surface area contributed by atoms with Crippen molar-refractivity contribution in [2.24, 2.45) is 5.41 Å². The zero-order chi connectivity index (χ0) is 16.8. The third kappa shape index (κ3) is 2.74. The van der Waals surface area contributed by atoms with Crippen LogP contribution in [-0.4, -0.2) is 77.3 Å². The van der Waals surface area contributed by atoms with Crippen LogP contribution >= 0.6 is 0 Å². The molecule has 4 rings (SSSR count). The molecule has 0 aromatic rings. The monoisotopic (exact) mass is 334 g/mol. The van der Waals surface area contributed by atoms with Crippen molar-refractivity contribution in [3.05, 3.63) is 0 Å².